The summed E-state index contributed by atoms with van der Waals surface area (Å²) in [5.41, 5.74) is 0. The van der Waals surface area contributed by atoms with Crippen LogP contribution in [0.1, 0.15) is 13.3 Å². The molecule has 3 atom stereocenters. The first-order valence-corrected chi connectivity index (χ1v) is 3.14. The summed E-state index contributed by atoms with van der Waals surface area (Å²) in [5, 5.41) is 8.49. The second kappa shape index (κ2) is 2.62. The number of ether oxygens (including phenoxy) is 1. The van der Waals surface area contributed by atoms with Crippen LogP contribution in [0.4, 0.5) is 4.39 Å². The van der Waals surface area contributed by atoms with Crippen LogP contribution in [-0.2, 0) is 4.74 Å². The minimum Gasteiger partial charge on any atom is -0.394 e. The van der Waals surface area contributed by atoms with Crippen molar-refractivity contribution in [1.29, 1.82) is 0 Å². The second-order valence-corrected chi connectivity index (χ2v) is 2.42. The van der Waals surface area contributed by atoms with Gasteiger partial charge in [0, 0.05) is 6.42 Å². The van der Waals surface area contributed by atoms with Crippen molar-refractivity contribution in [3.63, 3.8) is 0 Å². The fraction of sp³-hybridized carbons (Fsp3) is 1.00. The van der Waals surface area contributed by atoms with Crippen LogP contribution in [0.3, 0.4) is 0 Å². The Morgan fingerprint density at radius 1 is 1.78 bits per heavy atom. The largest absolute Gasteiger partial charge is 0.394 e. The summed E-state index contributed by atoms with van der Waals surface area (Å²) in [7, 11) is 0. The zero-order valence-corrected chi connectivity index (χ0v) is 5.38. The Balaban J connectivity index is 2.38. The predicted molar refractivity (Wildman–Crippen MR) is 30.9 cm³/mol. The molecule has 0 aromatic heterocycles. The number of halogens is 1. The van der Waals surface area contributed by atoms with Crippen molar-refractivity contribution in [2.24, 2.45) is 0 Å². The number of aliphatic hydroxyl groups excluding tert-OH is 1. The maximum atomic E-state index is 12.6. The van der Waals surface area contributed by atoms with Gasteiger partial charge in [0.2, 0.25) is 0 Å². The van der Waals surface area contributed by atoms with Gasteiger partial charge in [0.25, 0.3) is 0 Å². The van der Waals surface area contributed by atoms with Gasteiger partial charge in [-0.05, 0) is 6.92 Å². The lowest BCUT2D eigenvalue weighted by molar-refractivity contribution is 0.000910. The number of rotatable bonds is 1. The minimum atomic E-state index is -0.968. The first kappa shape index (κ1) is 6.96. The molecule has 0 unspecified atom stereocenters. The van der Waals surface area contributed by atoms with E-state index in [4.69, 9.17) is 9.84 Å². The van der Waals surface area contributed by atoms with E-state index in [2.05, 4.69) is 0 Å². The molecule has 0 radical (unpaired) electrons. The van der Waals surface area contributed by atoms with Gasteiger partial charge < -0.3 is 9.84 Å². The molecule has 0 aliphatic carbocycles. The normalized spacial score (nSPS) is 43.7. The van der Waals surface area contributed by atoms with Crippen LogP contribution in [0.25, 0.3) is 0 Å². The van der Waals surface area contributed by atoms with E-state index in [1.165, 1.54) is 0 Å². The van der Waals surface area contributed by atoms with Crippen LogP contribution in [0.2, 0.25) is 0 Å². The molecular weight excluding hydrogens is 123 g/mol. The SMILES string of the molecule is C[C@H]1C[C@@H](F)[C@@H](CO)O1. The smallest absolute Gasteiger partial charge is 0.131 e. The van der Waals surface area contributed by atoms with Crippen LogP contribution in [0, 0.1) is 0 Å². The average Bonchev–Trinajstić information content (AvgIpc) is 2.10. The third-order valence-electron chi connectivity index (χ3n) is 1.55. The monoisotopic (exact) mass is 134 g/mol. The summed E-state index contributed by atoms with van der Waals surface area (Å²) in [6.45, 7) is 1.60. The van der Waals surface area contributed by atoms with Crippen molar-refractivity contribution in [3.05, 3.63) is 0 Å². The van der Waals surface area contributed by atoms with Crippen molar-refractivity contribution in [2.45, 2.75) is 31.7 Å². The molecule has 3 heteroatoms. The fourth-order valence-electron chi connectivity index (χ4n) is 1.07. The van der Waals surface area contributed by atoms with E-state index in [9.17, 15) is 4.39 Å². The summed E-state index contributed by atoms with van der Waals surface area (Å²) < 4.78 is 17.6. The van der Waals surface area contributed by atoms with Gasteiger partial charge in [-0.15, -0.1) is 0 Å². The van der Waals surface area contributed by atoms with E-state index in [1.54, 1.807) is 0 Å². The topological polar surface area (TPSA) is 29.5 Å². The van der Waals surface area contributed by atoms with Gasteiger partial charge in [-0.2, -0.15) is 0 Å². The Bertz CT molecular complexity index is 97.1. The number of aliphatic hydroxyl groups is 1. The Morgan fingerprint density at radius 2 is 2.44 bits per heavy atom. The van der Waals surface area contributed by atoms with Gasteiger partial charge in [-0.3, -0.25) is 0 Å². The van der Waals surface area contributed by atoms with E-state index in [1.807, 2.05) is 6.92 Å². The lowest BCUT2D eigenvalue weighted by Crippen LogP contribution is -2.21. The average molecular weight is 134 g/mol. The highest BCUT2D eigenvalue weighted by Gasteiger charge is 2.31. The lowest BCUT2D eigenvalue weighted by atomic mass is 10.2. The van der Waals surface area contributed by atoms with Gasteiger partial charge >= 0.3 is 0 Å². The van der Waals surface area contributed by atoms with E-state index < -0.39 is 12.3 Å². The summed E-state index contributed by atoms with van der Waals surface area (Å²) in [4.78, 5) is 0. The molecule has 1 aliphatic heterocycles. The maximum absolute atomic E-state index is 12.6. The van der Waals surface area contributed by atoms with Crippen LogP contribution in [-0.4, -0.2) is 30.1 Å². The molecule has 1 saturated heterocycles. The molecule has 54 valence electrons. The standard InChI is InChI=1S/C6H11FO2/c1-4-2-5(7)6(3-8)9-4/h4-6,8H,2-3H2,1H3/t4-,5+,6+/m0/s1. The molecule has 1 N–H and O–H groups in total. The Morgan fingerprint density at radius 3 is 2.67 bits per heavy atom. The van der Waals surface area contributed by atoms with Crippen molar-refractivity contribution < 1.29 is 14.2 Å². The number of hydrogen-bond acceptors (Lipinski definition) is 2. The van der Waals surface area contributed by atoms with Gasteiger partial charge in [-0.25, -0.2) is 4.39 Å². The molecule has 0 amide bonds. The summed E-state index contributed by atoms with van der Waals surface area (Å²) in [6, 6.07) is 0. The molecule has 0 saturated carbocycles. The van der Waals surface area contributed by atoms with Crippen molar-refractivity contribution in [1.82, 2.24) is 0 Å². The second-order valence-electron chi connectivity index (χ2n) is 2.42. The Labute approximate surface area is 53.6 Å². The first-order valence-electron chi connectivity index (χ1n) is 3.14. The highest BCUT2D eigenvalue weighted by atomic mass is 19.1. The fourth-order valence-corrected chi connectivity index (χ4v) is 1.07. The lowest BCUT2D eigenvalue weighted by Gasteiger charge is -2.07. The van der Waals surface area contributed by atoms with Crippen molar-refractivity contribution in [2.75, 3.05) is 6.61 Å². The van der Waals surface area contributed by atoms with E-state index >= 15 is 0 Å². The van der Waals surface area contributed by atoms with Crippen LogP contribution < -0.4 is 0 Å². The van der Waals surface area contributed by atoms with Crippen LogP contribution in [0.15, 0.2) is 0 Å². The van der Waals surface area contributed by atoms with E-state index in [0.717, 1.165) is 0 Å². The highest BCUT2D eigenvalue weighted by Crippen LogP contribution is 2.21. The zero-order chi connectivity index (χ0) is 6.85. The number of hydrogen-bond donors (Lipinski definition) is 1. The molecule has 1 aliphatic rings. The van der Waals surface area contributed by atoms with Gasteiger partial charge in [-0.1, -0.05) is 0 Å². The zero-order valence-electron chi connectivity index (χ0n) is 5.38. The first-order chi connectivity index (χ1) is 4.24. The van der Waals surface area contributed by atoms with E-state index in [-0.39, 0.29) is 12.7 Å². The Hall–Kier alpha value is -0.150. The Kier molecular flexibility index (Phi) is 2.03. The molecule has 1 rings (SSSR count). The summed E-state index contributed by atoms with van der Waals surface area (Å²) in [6.07, 6.45) is -1.15. The summed E-state index contributed by atoms with van der Waals surface area (Å²) in [5.74, 6) is 0. The molecule has 0 aromatic carbocycles. The molecule has 0 aromatic rings. The van der Waals surface area contributed by atoms with Gasteiger partial charge in [0.15, 0.2) is 0 Å². The maximum Gasteiger partial charge on any atom is 0.131 e. The van der Waals surface area contributed by atoms with E-state index in [0.29, 0.717) is 6.42 Å². The summed E-state index contributed by atoms with van der Waals surface area (Å²) >= 11 is 0. The molecule has 1 heterocycles. The van der Waals surface area contributed by atoms with Crippen LogP contribution >= 0.6 is 0 Å². The highest BCUT2D eigenvalue weighted by molar-refractivity contribution is 4.79. The van der Waals surface area contributed by atoms with Gasteiger partial charge in [0.05, 0.1) is 12.7 Å². The molecular formula is C6H11FO2. The predicted octanol–water partition coefficient (Wildman–Crippen LogP) is 0.494. The number of alkyl halides is 1. The molecule has 0 bridgehead atoms. The minimum absolute atomic E-state index is 0.0304. The van der Waals surface area contributed by atoms with Gasteiger partial charge in [0.1, 0.15) is 12.3 Å². The molecule has 2 nitrogen and oxygen atoms in total. The molecule has 1 fully saturated rings. The molecule has 0 spiro atoms. The van der Waals surface area contributed by atoms with Crippen LogP contribution in [0.5, 0.6) is 0 Å². The van der Waals surface area contributed by atoms with Crippen molar-refractivity contribution >= 4 is 0 Å². The third-order valence-corrected chi connectivity index (χ3v) is 1.55. The third kappa shape index (κ3) is 1.40. The molecule has 9 heavy (non-hydrogen) atoms. The van der Waals surface area contributed by atoms with Crippen molar-refractivity contribution in [3.8, 4) is 0 Å². The quantitative estimate of drug-likeness (QED) is 0.565.